The van der Waals surface area contributed by atoms with Crippen LogP contribution in [0.1, 0.15) is 63.6 Å². The summed E-state index contributed by atoms with van der Waals surface area (Å²) in [6.45, 7) is 12.6. The van der Waals surface area contributed by atoms with Gasteiger partial charge >= 0.3 is 0 Å². The minimum atomic E-state index is 0.262. The van der Waals surface area contributed by atoms with E-state index in [1.165, 1.54) is 40.8 Å². The van der Waals surface area contributed by atoms with E-state index in [9.17, 15) is 0 Å². The van der Waals surface area contributed by atoms with E-state index in [1.807, 2.05) is 0 Å². The summed E-state index contributed by atoms with van der Waals surface area (Å²) in [7, 11) is 0. The van der Waals surface area contributed by atoms with Gasteiger partial charge in [-0.3, -0.25) is 0 Å². The molecule has 0 unspecified atom stereocenters. The molecule has 0 saturated carbocycles. The van der Waals surface area contributed by atoms with Crippen LogP contribution in [0.3, 0.4) is 0 Å². The molecule has 0 radical (unpaired) electrons. The van der Waals surface area contributed by atoms with Gasteiger partial charge in [0.2, 0.25) is 0 Å². The fraction of sp³-hybridized carbons (Fsp3) is 0.500. The Morgan fingerprint density at radius 2 is 1.65 bits per heavy atom. The van der Waals surface area contributed by atoms with Gasteiger partial charge in [0.1, 0.15) is 0 Å². The van der Waals surface area contributed by atoms with E-state index >= 15 is 0 Å². The van der Waals surface area contributed by atoms with Crippen molar-refractivity contribution in [2.24, 2.45) is 0 Å². The maximum Gasteiger partial charge on any atom is 0.0379 e. The van der Waals surface area contributed by atoms with E-state index in [1.54, 1.807) is 5.56 Å². The Kier molecular flexibility index (Phi) is 4.35. The highest BCUT2D eigenvalue weighted by atomic mass is 14.9. The third-order valence-corrected chi connectivity index (χ3v) is 6.51. The second kappa shape index (κ2) is 6.42. The van der Waals surface area contributed by atoms with Crippen LogP contribution in [0, 0.1) is 0 Å². The Balaban J connectivity index is 1.72. The zero-order valence-corrected chi connectivity index (χ0v) is 16.7. The zero-order valence-electron chi connectivity index (χ0n) is 16.7. The summed E-state index contributed by atoms with van der Waals surface area (Å²) in [6.07, 6.45) is 10.6. The van der Waals surface area contributed by atoms with Crippen LogP contribution in [-0.4, -0.2) is 19.6 Å². The van der Waals surface area contributed by atoms with Gasteiger partial charge in [0, 0.05) is 18.8 Å². The Morgan fingerprint density at radius 1 is 0.885 bits per heavy atom. The van der Waals surface area contributed by atoms with Crippen LogP contribution in [0.5, 0.6) is 0 Å². The molecule has 26 heavy (non-hydrogen) atoms. The molecule has 0 spiro atoms. The number of benzene rings is 1. The second-order valence-corrected chi connectivity index (χ2v) is 9.31. The molecule has 2 nitrogen and oxygen atoms in total. The molecule has 0 amide bonds. The third-order valence-electron chi connectivity index (χ3n) is 6.51. The van der Waals surface area contributed by atoms with Crippen LogP contribution < -0.4 is 10.6 Å². The Labute approximate surface area is 158 Å². The van der Waals surface area contributed by atoms with E-state index in [-0.39, 0.29) is 10.8 Å². The topological polar surface area (TPSA) is 24.1 Å². The van der Waals surface area contributed by atoms with Crippen LogP contribution >= 0.6 is 0 Å². The lowest BCUT2D eigenvalue weighted by Gasteiger charge is -2.42. The summed E-state index contributed by atoms with van der Waals surface area (Å²) in [5.74, 6) is 0. The molecule has 0 aromatic heterocycles. The lowest BCUT2D eigenvalue weighted by atomic mass is 9.63. The maximum absolute atomic E-state index is 3.57. The first-order valence-electron chi connectivity index (χ1n) is 10.1. The van der Waals surface area contributed by atoms with E-state index in [0.29, 0.717) is 0 Å². The molecule has 1 aromatic carbocycles. The average molecular weight is 349 g/mol. The summed E-state index contributed by atoms with van der Waals surface area (Å²) < 4.78 is 0. The van der Waals surface area contributed by atoms with Gasteiger partial charge < -0.3 is 10.6 Å². The van der Waals surface area contributed by atoms with Crippen LogP contribution in [0.25, 0.3) is 5.57 Å². The molecular weight excluding hydrogens is 316 g/mol. The van der Waals surface area contributed by atoms with Crippen molar-refractivity contribution in [1.29, 1.82) is 0 Å². The third kappa shape index (κ3) is 3.16. The minimum absolute atomic E-state index is 0.262. The standard InChI is InChI=1S/C24H32N2/c1-23(2)10-11-24(3,4)21-15-18(5-6-20(21)23)19-9-14-26-22(16-19)17-7-12-25-13-8-17/h5-7,9,15-16,25-26H,8,10-14H2,1-4H3. The number of dihydropyridines is 1. The van der Waals surface area contributed by atoms with Gasteiger partial charge in [0.05, 0.1) is 0 Å². The van der Waals surface area contributed by atoms with Crippen molar-refractivity contribution in [2.75, 3.05) is 19.6 Å². The molecular formula is C24H32N2. The van der Waals surface area contributed by atoms with Crippen molar-refractivity contribution in [2.45, 2.75) is 57.8 Å². The highest BCUT2D eigenvalue weighted by molar-refractivity contribution is 5.77. The summed E-state index contributed by atoms with van der Waals surface area (Å²) in [5.41, 5.74) is 9.11. The first kappa shape index (κ1) is 17.6. The van der Waals surface area contributed by atoms with Crippen molar-refractivity contribution >= 4 is 5.57 Å². The largest absolute Gasteiger partial charge is 0.381 e. The predicted octanol–water partition coefficient (Wildman–Crippen LogP) is 4.83. The molecule has 0 fully saturated rings. The SMILES string of the molecule is CC1(C)CCC(C)(C)c2cc(C3=CCNC(C4=CCNCC4)=C3)ccc21. The molecule has 4 rings (SSSR count). The van der Waals surface area contributed by atoms with Gasteiger partial charge in [-0.25, -0.2) is 0 Å². The molecule has 2 heterocycles. The van der Waals surface area contributed by atoms with Crippen LogP contribution in [0.2, 0.25) is 0 Å². The first-order chi connectivity index (χ1) is 12.4. The summed E-state index contributed by atoms with van der Waals surface area (Å²) >= 11 is 0. The number of hydrogen-bond acceptors (Lipinski definition) is 2. The van der Waals surface area contributed by atoms with Gasteiger partial charge in [-0.15, -0.1) is 0 Å². The van der Waals surface area contributed by atoms with Crippen LogP contribution in [-0.2, 0) is 10.8 Å². The van der Waals surface area contributed by atoms with Crippen molar-refractivity contribution in [3.8, 4) is 0 Å². The van der Waals surface area contributed by atoms with Crippen molar-refractivity contribution < 1.29 is 0 Å². The lowest BCUT2D eigenvalue weighted by Crippen LogP contribution is -2.33. The fourth-order valence-corrected chi connectivity index (χ4v) is 4.58. The lowest BCUT2D eigenvalue weighted by molar-refractivity contribution is 0.332. The van der Waals surface area contributed by atoms with Crippen molar-refractivity contribution in [3.05, 3.63) is 64.4 Å². The number of hydrogen-bond donors (Lipinski definition) is 2. The smallest absolute Gasteiger partial charge is 0.0379 e. The molecule has 2 N–H and O–H groups in total. The second-order valence-electron chi connectivity index (χ2n) is 9.31. The quantitative estimate of drug-likeness (QED) is 0.800. The number of nitrogens with one attached hydrogen (secondary N) is 2. The van der Waals surface area contributed by atoms with Crippen LogP contribution in [0.15, 0.2) is 47.7 Å². The average Bonchev–Trinajstić information content (AvgIpc) is 2.66. The Morgan fingerprint density at radius 3 is 2.38 bits per heavy atom. The van der Waals surface area contributed by atoms with Gasteiger partial charge in [-0.2, -0.15) is 0 Å². The van der Waals surface area contributed by atoms with Crippen molar-refractivity contribution in [1.82, 2.24) is 10.6 Å². The fourth-order valence-electron chi connectivity index (χ4n) is 4.58. The maximum atomic E-state index is 3.57. The predicted molar refractivity (Wildman–Crippen MR) is 111 cm³/mol. The molecule has 138 valence electrons. The van der Waals surface area contributed by atoms with Crippen molar-refractivity contribution in [3.63, 3.8) is 0 Å². The summed E-state index contributed by atoms with van der Waals surface area (Å²) in [6, 6.07) is 7.20. The van der Waals surface area contributed by atoms with Gasteiger partial charge in [-0.1, -0.05) is 58.0 Å². The number of fused-ring (bicyclic) bond motifs is 1. The molecule has 2 aliphatic heterocycles. The monoisotopic (exact) mass is 348 g/mol. The first-order valence-corrected chi connectivity index (χ1v) is 10.1. The summed E-state index contributed by atoms with van der Waals surface area (Å²) in [4.78, 5) is 0. The van der Waals surface area contributed by atoms with E-state index < -0.39 is 0 Å². The highest BCUT2D eigenvalue weighted by Gasteiger charge is 2.37. The highest BCUT2D eigenvalue weighted by Crippen LogP contribution is 2.46. The molecule has 1 aromatic rings. The van der Waals surface area contributed by atoms with Gasteiger partial charge in [-0.05, 0) is 70.5 Å². The molecule has 0 bridgehead atoms. The van der Waals surface area contributed by atoms with E-state index in [0.717, 1.165) is 26.1 Å². The number of allylic oxidation sites excluding steroid dienone is 3. The van der Waals surface area contributed by atoms with Gasteiger partial charge in [0.15, 0.2) is 0 Å². The zero-order chi connectivity index (χ0) is 18.4. The van der Waals surface area contributed by atoms with E-state index in [4.69, 9.17) is 0 Å². The molecule has 0 atom stereocenters. The van der Waals surface area contributed by atoms with Crippen LogP contribution in [0.4, 0.5) is 0 Å². The normalized spacial score (nSPS) is 23.9. The molecule has 3 aliphatic rings. The summed E-state index contributed by atoms with van der Waals surface area (Å²) in [5, 5.41) is 6.97. The Hall–Kier alpha value is -1.80. The molecule has 2 heteroatoms. The van der Waals surface area contributed by atoms with Gasteiger partial charge in [0.25, 0.3) is 0 Å². The molecule has 1 aliphatic carbocycles. The minimum Gasteiger partial charge on any atom is -0.381 e. The molecule has 0 saturated heterocycles. The van der Waals surface area contributed by atoms with E-state index in [2.05, 4.69) is 74.8 Å². The Bertz CT molecular complexity index is 805. The number of rotatable bonds is 2.